The van der Waals surface area contributed by atoms with Crippen molar-refractivity contribution < 1.29 is 19.2 Å². The number of halogens is 1. The lowest BCUT2D eigenvalue weighted by Crippen LogP contribution is -2.56. The molecule has 2 aliphatic carbocycles. The lowest BCUT2D eigenvalue weighted by Gasteiger charge is -2.35. The predicted octanol–water partition coefficient (Wildman–Crippen LogP) is 4.08. The standard InChI is InChI=1S/C26H23ClN2O4/c1-14-3-5-16(6-4-14)23(30)15(2)28(24(31)17-9-11-20(27)12-10-17)29-25(32)21-18-7-8-19(13-18)22(21)26(29)33/h3-12,15,18-19,21-22H,13H2,1-2H3/t15-,18-,19-,21-,22+/m0/s1. The molecule has 2 aromatic rings. The highest BCUT2D eigenvalue weighted by molar-refractivity contribution is 6.30. The Morgan fingerprint density at radius 3 is 1.97 bits per heavy atom. The zero-order valence-electron chi connectivity index (χ0n) is 18.3. The highest BCUT2D eigenvalue weighted by Gasteiger charge is 2.61. The van der Waals surface area contributed by atoms with Crippen molar-refractivity contribution in [2.75, 3.05) is 0 Å². The summed E-state index contributed by atoms with van der Waals surface area (Å²) in [6.07, 6.45) is 4.77. The summed E-state index contributed by atoms with van der Waals surface area (Å²) in [5.41, 5.74) is 1.64. The summed E-state index contributed by atoms with van der Waals surface area (Å²) >= 11 is 5.97. The molecule has 168 valence electrons. The first-order chi connectivity index (χ1) is 15.8. The summed E-state index contributed by atoms with van der Waals surface area (Å²) in [5, 5.41) is 2.44. The average Bonchev–Trinajstić information content (AvgIpc) is 3.49. The average molecular weight is 463 g/mol. The highest BCUT2D eigenvalue weighted by Crippen LogP contribution is 2.53. The van der Waals surface area contributed by atoms with Crippen molar-refractivity contribution in [2.45, 2.75) is 26.3 Å². The molecule has 3 aliphatic rings. The Bertz CT molecular complexity index is 1160. The summed E-state index contributed by atoms with van der Waals surface area (Å²) in [5.74, 6) is -2.73. The van der Waals surface area contributed by atoms with Gasteiger partial charge in [0.1, 0.15) is 6.04 Å². The van der Waals surface area contributed by atoms with E-state index in [1.165, 1.54) is 12.1 Å². The number of allylic oxidation sites excluding steroid dienone is 2. The van der Waals surface area contributed by atoms with Crippen molar-refractivity contribution >= 4 is 35.1 Å². The van der Waals surface area contributed by atoms with Gasteiger partial charge in [-0.25, -0.2) is 5.01 Å². The topological polar surface area (TPSA) is 74.8 Å². The van der Waals surface area contributed by atoms with Gasteiger partial charge in [-0.3, -0.25) is 19.2 Å². The fourth-order valence-corrected chi connectivity index (χ4v) is 5.46. The van der Waals surface area contributed by atoms with Gasteiger partial charge in [-0.1, -0.05) is 53.6 Å². The van der Waals surface area contributed by atoms with Crippen LogP contribution in [0.15, 0.2) is 60.7 Å². The second-order valence-electron chi connectivity index (χ2n) is 9.05. The molecule has 1 saturated heterocycles. The second-order valence-corrected chi connectivity index (χ2v) is 9.49. The number of carbonyl (C=O) groups is 4. The molecule has 5 atom stereocenters. The molecule has 1 heterocycles. The number of hydrogen-bond acceptors (Lipinski definition) is 4. The molecule has 1 aliphatic heterocycles. The number of ketones is 1. The molecule has 0 N–H and O–H groups in total. The SMILES string of the molecule is Cc1ccc(C(=O)[C@H](C)N(C(=O)c2ccc(Cl)cc2)N2C(=O)[C@@H]3[C@H](C2=O)[C@H]2C=C[C@H]3C2)cc1. The maximum absolute atomic E-state index is 13.6. The zero-order valence-corrected chi connectivity index (χ0v) is 19.0. The van der Waals surface area contributed by atoms with E-state index in [1.807, 2.05) is 31.2 Å². The molecule has 1 saturated carbocycles. The Hall–Kier alpha value is -3.25. The third-order valence-corrected chi connectivity index (χ3v) is 7.30. The van der Waals surface area contributed by atoms with Crippen LogP contribution in [0.2, 0.25) is 5.02 Å². The van der Waals surface area contributed by atoms with Crippen LogP contribution in [0, 0.1) is 30.6 Å². The predicted molar refractivity (Wildman–Crippen MR) is 122 cm³/mol. The fraction of sp³-hybridized carbons (Fsp3) is 0.308. The Labute approximate surface area is 196 Å². The monoisotopic (exact) mass is 462 g/mol. The number of amides is 3. The van der Waals surface area contributed by atoms with E-state index in [9.17, 15) is 19.2 Å². The third-order valence-electron chi connectivity index (χ3n) is 7.04. The number of imide groups is 1. The van der Waals surface area contributed by atoms with Gasteiger partial charge in [0.15, 0.2) is 5.78 Å². The second kappa shape index (κ2) is 7.96. The van der Waals surface area contributed by atoms with Crippen LogP contribution in [-0.2, 0) is 9.59 Å². The molecule has 0 radical (unpaired) electrons. The summed E-state index contributed by atoms with van der Waals surface area (Å²) < 4.78 is 0. The third kappa shape index (κ3) is 3.40. The van der Waals surface area contributed by atoms with Crippen LogP contribution in [0.1, 0.15) is 39.6 Å². The Balaban J connectivity index is 1.54. The normalized spacial score (nSPS) is 26.0. The number of hydrazine groups is 1. The molecule has 2 aromatic carbocycles. The fourth-order valence-electron chi connectivity index (χ4n) is 5.33. The smallest absolute Gasteiger partial charge is 0.273 e. The van der Waals surface area contributed by atoms with E-state index < -0.39 is 35.6 Å². The number of fused-ring (bicyclic) bond motifs is 5. The summed E-state index contributed by atoms with van der Waals surface area (Å²) in [4.78, 5) is 53.9. The van der Waals surface area contributed by atoms with Gasteiger partial charge >= 0.3 is 0 Å². The molecule has 5 rings (SSSR count). The van der Waals surface area contributed by atoms with Crippen molar-refractivity contribution in [1.29, 1.82) is 0 Å². The Morgan fingerprint density at radius 1 is 0.909 bits per heavy atom. The lowest BCUT2D eigenvalue weighted by molar-refractivity contribution is -0.157. The number of aryl methyl sites for hydroxylation is 1. The molecule has 7 heteroatoms. The maximum atomic E-state index is 13.6. The van der Waals surface area contributed by atoms with E-state index in [0.717, 1.165) is 22.0 Å². The van der Waals surface area contributed by atoms with Crippen LogP contribution >= 0.6 is 11.6 Å². The zero-order chi connectivity index (χ0) is 23.4. The highest BCUT2D eigenvalue weighted by atomic mass is 35.5. The molecule has 0 unspecified atom stereocenters. The maximum Gasteiger partial charge on any atom is 0.273 e. The van der Waals surface area contributed by atoms with E-state index in [0.29, 0.717) is 10.6 Å². The molecule has 2 fully saturated rings. The molecular weight excluding hydrogens is 440 g/mol. The lowest BCUT2D eigenvalue weighted by atomic mass is 9.85. The minimum atomic E-state index is -1.06. The quantitative estimate of drug-likeness (QED) is 0.381. The van der Waals surface area contributed by atoms with Gasteiger partial charge in [-0.15, -0.1) is 0 Å². The van der Waals surface area contributed by atoms with Crippen LogP contribution in [-0.4, -0.2) is 39.6 Å². The van der Waals surface area contributed by atoms with Gasteiger partial charge in [0.05, 0.1) is 11.8 Å². The van der Waals surface area contributed by atoms with Crippen molar-refractivity contribution in [2.24, 2.45) is 23.7 Å². The molecule has 3 amide bonds. The van der Waals surface area contributed by atoms with Gasteiger partial charge in [-0.05, 0) is 56.4 Å². The van der Waals surface area contributed by atoms with Gasteiger partial charge in [0.25, 0.3) is 17.7 Å². The van der Waals surface area contributed by atoms with Gasteiger partial charge in [0, 0.05) is 16.1 Å². The first-order valence-electron chi connectivity index (χ1n) is 11.0. The molecule has 6 nitrogen and oxygen atoms in total. The Morgan fingerprint density at radius 2 is 1.42 bits per heavy atom. The van der Waals surface area contributed by atoms with Crippen molar-refractivity contribution in [3.63, 3.8) is 0 Å². The minimum Gasteiger partial charge on any atom is -0.292 e. The molecule has 0 spiro atoms. The number of rotatable bonds is 5. The summed E-state index contributed by atoms with van der Waals surface area (Å²) in [6, 6.07) is 12.1. The van der Waals surface area contributed by atoms with Crippen molar-refractivity contribution in [3.8, 4) is 0 Å². The van der Waals surface area contributed by atoms with Crippen molar-refractivity contribution in [3.05, 3.63) is 82.4 Å². The molecule has 33 heavy (non-hydrogen) atoms. The van der Waals surface area contributed by atoms with E-state index in [1.54, 1.807) is 31.2 Å². The van der Waals surface area contributed by atoms with Crippen LogP contribution in [0.25, 0.3) is 0 Å². The molecular formula is C26H23ClN2O4. The van der Waals surface area contributed by atoms with Crippen LogP contribution < -0.4 is 0 Å². The van der Waals surface area contributed by atoms with E-state index in [-0.39, 0.29) is 23.2 Å². The minimum absolute atomic E-state index is 0.00274. The van der Waals surface area contributed by atoms with Crippen LogP contribution in [0.5, 0.6) is 0 Å². The van der Waals surface area contributed by atoms with E-state index in [2.05, 4.69) is 0 Å². The Kier molecular flexibility index (Phi) is 5.20. The molecule has 0 aromatic heterocycles. The van der Waals surface area contributed by atoms with Gasteiger partial charge < -0.3 is 0 Å². The van der Waals surface area contributed by atoms with E-state index in [4.69, 9.17) is 11.6 Å². The van der Waals surface area contributed by atoms with E-state index >= 15 is 0 Å². The van der Waals surface area contributed by atoms with Gasteiger partial charge in [0.2, 0.25) is 0 Å². The summed E-state index contributed by atoms with van der Waals surface area (Å²) in [7, 11) is 0. The first kappa shape index (κ1) is 21.6. The van der Waals surface area contributed by atoms with Crippen LogP contribution in [0.3, 0.4) is 0 Å². The number of benzene rings is 2. The van der Waals surface area contributed by atoms with Crippen LogP contribution in [0.4, 0.5) is 0 Å². The number of nitrogens with zero attached hydrogens (tertiary/aromatic N) is 2. The van der Waals surface area contributed by atoms with Crippen molar-refractivity contribution in [1.82, 2.24) is 10.0 Å². The summed E-state index contributed by atoms with van der Waals surface area (Å²) in [6.45, 7) is 3.47. The first-order valence-corrected chi connectivity index (χ1v) is 11.4. The largest absolute Gasteiger partial charge is 0.292 e. The number of carbonyl (C=O) groups excluding carboxylic acids is 4. The molecule has 2 bridgehead atoms. The number of Topliss-reactive ketones (excluding diaryl/α,β-unsaturated/α-hetero) is 1. The van der Waals surface area contributed by atoms with Gasteiger partial charge in [-0.2, -0.15) is 5.01 Å². The number of hydrogen-bond donors (Lipinski definition) is 0.